The second-order valence-electron chi connectivity index (χ2n) is 6.08. The molecule has 1 aliphatic rings. The van der Waals surface area contributed by atoms with Crippen molar-refractivity contribution in [2.45, 2.75) is 19.8 Å². The van der Waals surface area contributed by atoms with Gasteiger partial charge in [-0.2, -0.15) is 5.10 Å². The second-order valence-corrected chi connectivity index (χ2v) is 7.26. The molecule has 1 fully saturated rings. The Morgan fingerprint density at radius 1 is 1.15 bits per heavy atom. The minimum absolute atomic E-state index is 0.0147. The second kappa shape index (κ2) is 7.16. The van der Waals surface area contributed by atoms with E-state index in [4.69, 9.17) is 0 Å². The van der Waals surface area contributed by atoms with Gasteiger partial charge in [-0.25, -0.2) is 4.68 Å². The fourth-order valence-corrected chi connectivity index (χ4v) is 3.53. The molecule has 0 aromatic carbocycles. The van der Waals surface area contributed by atoms with Crippen molar-refractivity contribution in [3.63, 3.8) is 0 Å². The largest absolute Gasteiger partial charge is 0.355 e. The van der Waals surface area contributed by atoms with Crippen LogP contribution in [0, 0.1) is 12.8 Å². The van der Waals surface area contributed by atoms with Crippen LogP contribution in [0.1, 0.15) is 17.8 Å². The molecule has 10 heteroatoms. The number of hydrogen-bond donors (Lipinski definition) is 1. The molecule has 0 radical (unpaired) electrons. The van der Waals surface area contributed by atoms with E-state index in [2.05, 4.69) is 35.7 Å². The molecule has 9 nitrogen and oxygen atoms in total. The van der Waals surface area contributed by atoms with Crippen LogP contribution < -0.4 is 10.2 Å². The van der Waals surface area contributed by atoms with Gasteiger partial charge in [0.2, 0.25) is 11.0 Å². The monoisotopic (exact) mass is 370 g/mol. The van der Waals surface area contributed by atoms with E-state index >= 15 is 0 Å². The van der Waals surface area contributed by atoms with Crippen LogP contribution >= 0.6 is 11.3 Å². The van der Waals surface area contributed by atoms with Crippen LogP contribution in [0.4, 0.5) is 10.9 Å². The Labute approximate surface area is 154 Å². The number of aromatic nitrogens is 6. The fraction of sp³-hybridized carbons (Fsp3) is 0.375. The Kier molecular flexibility index (Phi) is 4.57. The highest BCUT2D eigenvalue weighted by Gasteiger charge is 2.26. The van der Waals surface area contributed by atoms with Crippen LogP contribution in [-0.4, -0.2) is 49.2 Å². The lowest BCUT2D eigenvalue weighted by Gasteiger charge is -2.31. The predicted molar refractivity (Wildman–Crippen MR) is 97.4 cm³/mol. The zero-order chi connectivity index (χ0) is 17.9. The summed E-state index contributed by atoms with van der Waals surface area (Å²) in [5.74, 6) is 1.49. The van der Waals surface area contributed by atoms with E-state index in [-0.39, 0.29) is 11.8 Å². The zero-order valence-corrected chi connectivity index (χ0v) is 15.1. The van der Waals surface area contributed by atoms with E-state index < -0.39 is 0 Å². The summed E-state index contributed by atoms with van der Waals surface area (Å²) in [6, 6.07) is 5.68. The number of piperidine rings is 1. The fourth-order valence-electron chi connectivity index (χ4n) is 2.94. The topological polar surface area (TPSA) is 102 Å². The molecule has 1 saturated heterocycles. The molecule has 134 valence electrons. The molecule has 1 amide bonds. The van der Waals surface area contributed by atoms with Gasteiger partial charge in [0, 0.05) is 31.4 Å². The molecule has 0 spiro atoms. The first kappa shape index (κ1) is 16.6. The lowest BCUT2D eigenvalue weighted by atomic mass is 9.96. The van der Waals surface area contributed by atoms with Gasteiger partial charge >= 0.3 is 0 Å². The van der Waals surface area contributed by atoms with Crippen LogP contribution in [0.25, 0.3) is 5.82 Å². The number of anilines is 2. The summed E-state index contributed by atoms with van der Waals surface area (Å²) in [5, 5.41) is 24.8. The number of carbonyl (C=O) groups excluding carboxylic acids is 1. The summed E-state index contributed by atoms with van der Waals surface area (Å²) in [5.41, 5.74) is 0. The smallest absolute Gasteiger partial charge is 0.229 e. The summed E-state index contributed by atoms with van der Waals surface area (Å²) in [6.07, 6.45) is 5.07. The molecule has 4 heterocycles. The number of nitrogens with zero attached hydrogens (tertiary/aromatic N) is 7. The number of amides is 1. The predicted octanol–water partition coefficient (Wildman–Crippen LogP) is 1.68. The minimum atomic E-state index is -0.0215. The Hall–Kier alpha value is -2.88. The molecule has 3 aromatic rings. The maximum absolute atomic E-state index is 12.4. The van der Waals surface area contributed by atoms with Crippen molar-refractivity contribution in [1.82, 2.24) is 30.2 Å². The highest BCUT2D eigenvalue weighted by atomic mass is 32.1. The van der Waals surface area contributed by atoms with Crippen molar-refractivity contribution >= 4 is 28.2 Å². The average Bonchev–Trinajstić information content (AvgIpc) is 3.34. The number of aryl methyl sites for hydroxylation is 1. The van der Waals surface area contributed by atoms with E-state index in [1.165, 1.54) is 11.3 Å². The van der Waals surface area contributed by atoms with Crippen molar-refractivity contribution in [1.29, 1.82) is 0 Å². The van der Waals surface area contributed by atoms with Crippen LogP contribution in [0.3, 0.4) is 0 Å². The number of carbonyl (C=O) groups is 1. The van der Waals surface area contributed by atoms with Crippen molar-refractivity contribution in [2.75, 3.05) is 23.3 Å². The Morgan fingerprint density at radius 3 is 2.54 bits per heavy atom. The van der Waals surface area contributed by atoms with Crippen molar-refractivity contribution in [3.8, 4) is 5.82 Å². The molecule has 0 saturated carbocycles. The molecule has 0 bridgehead atoms. The van der Waals surface area contributed by atoms with Gasteiger partial charge in [0.05, 0.1) is 0 Å². The van der Waals surface area contributed by atoms with Crippen LogP contribution in [0.15, 0.2) is 30.6 Å². The maximum Gasteiger partial charge on any atom is 0.229 e. The first-order valence-electron chi connectivity index (χ1n) is 8.39. The van der Waals surface area contributed by atoms with Gasteiger partial charge < -0.3 is 10.2 Å². The highest BCUT2D eigenvalue weighted by molar-refractivity contribution is 7.15. The minimum Gasteiger partial charge on any atom is -0.355 e. The Balaban J connectivity index is 1.33. The van der Waals surface area contributed by atoms with E-state index in [0.29, 0.717) is 10.9 Å². The van der Waals surface area contributed by atoms with Gasteiger partial charge in [-0.05, 0) is 38.0 Å². The van der Waals surface area contributed by atoms with Crippen LogP contribution in [-0.2, 0) is 4.79 Å². The van der Waals surface area contributed by atoms with Gasteiger partial charge in [-0.1, -0.05) is 11.3 Å². The van der Waals surface area contributed by atoms with Crippen LogP contribution in [0.2, 0.25) is 0 Å². The summed E-state index contributed by atoms with van der Waals surface area (Å²) < 4.78 is 1.67. The Bertz CT molecular complexity index is 868. The van der Waals surface area contributed by atoms with Gasteiger partial charge in [0.25, 0.3) is 0 Å². The summed E-state index contributed by atoms with van der Waals surface area (Å²) in [4.78, 5) is 14.5. The normalized spacial score (nSPS) is 15.2. The zero-order valence-electron chi connectivity index (χ0n) is 14.2. The van der Waals surface area contributed by atoms with E-state index in [1.54, 1.807) is 10.9 Å². The average molecular weight is 370 g/mol. The van der Waals surface area contributed by atoms with Gasteiger partial charge in [-0.3, -0.25) is 4.79 Å². The lowest BCUT2D eigenvalue weighted by molar-refractivity contribution is -0.120. The van der Waals surface area contributed by atoms with Gasteiger partial charge in [0.1, 0.15) is 5.01 Å². The molecule has 0 aliphatic carbocycles. The highest BCUT2D eigenvalue weighted by Crippen LogP contribution is 2.24. The number of rotatable bonds is 4. The quantitative estimate of drug-likeness (QED) is 0.745. The molecule has 1 N–H and O–H groups in total. The SMILES string of the molecule is Cc1nnc(NC(=O)C2CCN(c3ccc(-n4cccn4)nn3)CC2)s1. The van der Waals surface area contributed by atoms with Crippen LogP contribution in [0.5, 0.6) is 0 Å². The molecule has 26 heavy (non-hydrogen) atoms. The van der Waals surface area contributed by atoms with E-state index in [9.17, 15) is 4.79 Å². The lowest BCUT2D eigenvalue weighted by Crippen LogP contribution is -2.38. The first-order valence-corrected chi connectivity index (χ1v) is 9.20. The Morgan fingerprint density at radius 2 is 1.92 bits per heavy atom. The molecular formula is C16H18N8OS. The first-order chi connectivity index (χ1) is 12.7. The summed E-state index contributed by atoms with van der Waals surface area (Å²) >= 11 is 1.39. The van der Waals surface area contributed by atoms with E-state index in [0.717, 1.165) is 36.8 Å². The molecule has 1 aliphatic heterocycles. The maximum atomic E-state index is 12.4. The third-order valence-electron chi connectivity index (χ3n) is 4.32. The standard InChI is InChI=1S/C16H18N8OS/c1-11-19-22-16(26-11)18-15(25)12-5-9-23(10-6-12)13-3-4-14(21-20-13)24-8-2-7-17-24/h2-4,7-8,12H,5-6,9-10H2,1H3,(H,18,22,25). The van der Waals surface area contributed by atoms with E-state index in [1.807, 2.05) is 31.3 Å². The summed E-state index contributed by atoms with van der Waals surface area (Å²) in [6.45, 7) is 3.40. The molecule has 0 unspecified atom stereocenters. The van der Waals surface area contributed by atoms with Crippen molar-refractivity contribution in [3.05, 3.63) is 35.6 Å². The van der Waals surface area contributed by atoms with Crippen molar-refractivity contribution in [2.24, 2.45) is 5.92 Å². The molecule has 4 rings (SSSR count). The number of hydrogen-bond acceptors (Lipinski definition) is 8. The summed E-state index contributed by atoms with van der Waals surface area (Å²) in [7, 11) is 0. The third-order valence-corrected chi connectivity index (χ3v) is 5.08. The third kappa shape index (κ3) is 3.54. The van der Waals surface area contributed by atoms with Crippen molar-refractivity contribution < 1.29 is 4.79 Å². The molecule has 3 aromatic heterocycles. The molecular weight excluding hydrogens is 352 g/mol. The van der Waals surface area contributed by atoms with Gasteiger partial charge in [-0.15, -0.1) is 20.4 Å². The number of nitrogens with one attached hydrogen (secondary N) is 1. The molecule has 0 atom stereocenters. The van der Waals surface area contributed by atoms with Gasteiger partial charge in [0.15, 0.2) is 11.6 Å².